The van der Waals surface area contributed by atoms with Gasteiger partial charge in [-0.15, -0.1) is 0 Å². The maximum atomic E-state index is 9.46. The third-order valence-corrected chi connectivity index (χ3v) is 3.20. The second kappa shape index (κ2) is 8.12. The Morgan fingerprint density at radius 3 is 2.07 bits per heavy atom. The first kappa shape index (κ1) is 14.9. The van der Waals surface area contributed by atoms with E-state index in [0.717, 1.165) is 12.3 Å². The molecule has 2 heteroatoms. The highest BCUT2D eigenvalue weighted by atomic mass is 16.3. The third-order valence-electron chi connectivity index (χ3n) is 3.20. The van der Waals surface area contributed by atoms with Crippen LogP contribution in [0, 0.1) is 17.8 Å². The Morgan fingerprint density at radius 1 is 1.00 bits per heavy atom. The summed E-state index contributed by atoms with van der Waals surface area (Å²) in [6.45, 7) is 8.67. The molecule has 0 aliphatic rings. The molecule has 0 amide bonds. The second-order valence-electron chi connectivity index (χ2n) is 5.20. The summed E-state index contributed by atoms with van der Waals surface area (Å²) in [6.07, 6.45) is 4.24. The predicted octanol–water partition coefficient (Wildman–Crippen LogP) is 2.83. The van der Waals surface area contributed by atoms with Crippen molar-refractivity contribution in [1.82, 2.24) is 0 Å². The van der Waals surface area contributed by atoms with Gasteiger partial charge < -0.3 is 10.2 Å². The normalized spacial score (nSPS) is 19.6. The molecular formula is C13H28O2. The molecule has 0 aliphatic carbocycles. The molecule has 4 atom stereocenters. The van der Waals surface area contributed by atoms with Crippen LogP contribution in [0.5, 0.6) is 0 Å². The fraction of sp³-hybridized carbons (Fsp3) is 1.00. The summed E-state index contributed by atoms with van der Waals surface area (Å²) in [4.78, 5) is 0. The second-order valence-corrected chi connectivity index (χ2v) is 5.20. The molecule has 0 radical (unpaired) electrons. The molecule has 92 valence electrons. The lowest BCUT2D eigenvalue weighted by Crippen LogP contribution is -2.23. The molecule has 2 N–H and O–H groups in total. The molecule has 0 unspecified atom stereocenters. The van der Waals surface area contributed by atoms with E-state index in [0.29, 0.717) is 5.92 Å². The van der Waals surface area contributed by atoms with Crippen molar-refractivity contribution in [2.45, 2.75) is 59.5 Å². The van der Waals surface area contributed by atoms with Crippen LogP contribution in [0.1, 0.15) is 53.4 Å². The molecule has 0 spiro atoms. The SMILES string of the molecule is CCC[C@H](C)C[C@H](C)C[C@H](C)[C@H](O)CO. The first-order valence-corrected chi connectivity index (χ1v) is 6.30. The molecule has 0 saturated heterocycles. The lowest BCUT2D eigenvalue weighted by molar-refractivity contribution is 0.0438. The van der Waals surface area contributed by atoms with Gasteiger partial charge in [-0.3, -0.25) is 0 Å². The van der Waals surface area contributed by atoms with Gasteiger partial charge in [-0.25, -0.2) is 0 Å². The number of rotatable bonds is 8. The van der Waals surface area contributed by atoms with Crippen LogP contribution in [0.3, 0.4) is 0 Å². The van der Waals surface area contributed by atoms with Crippen molar-refractivity contribution in [2.75, 3.05) is 6.61 Å². The van der Waals surface area contributed by atoms with Gasteiger partial charge in [0.15, 0.2) is 0 Å². The van der Waals surface area contributed by atoms with E-state index in [4.69, 9.17) is 5.11 Å². The first-order chi connectivity index (χ1) is 7.01. The van der Waals surface area contributed by atoms with Crippen LogP contribution in [0.4, 0.5) is 0 Å². The zero-order valence-electron chi connectivity index (χ0n) is 10.7. The average Bonchev–Trinajstić information content (AvgIpc) is 2.16. The van der Waals surface area contributed by atoms with Gasteiger partial charge in [0, 0.05) is 0 Å². The maximum absolute atomic E-state index is 9.46. The standard InChI is InChI=1S/C13H28O2/c1-5-6-10(2)7-11(3)8-12(4)13(15)9-14/h10-15H,5-9H2,1-4H3/t10-,11-,12-,13+/m0/s1. The topological polar surface area (TPSA) is 40.5 Å². The van der Waals surface area contributed by atoms with Gasteiger partial charge in [-0.1, -0.05) is 40.5 Å². The molecule has 0 fully saturated rings. The predicted molar refractivity (Wildman–Crippen MR) is 64.7 cm³/mol. The molecule has 0 heterocycles. The van der Waals surface area contributed by atoms with Gasteiger partial charge in [0.2, 0.25) is 0 Å². The number of aliphatic hydroxyl groups is 2. The Labute approximate surface area is 94.7 Å². The van der Waals surface area contributed by atoms with E-state index in [9.17, 15) is 5.11 Å². The number of hydrogen-bond acceptors (Lipinski definition) is 2. The molecule has 0 rings (SSSR count). The molecule has 0 aliphatic heterocycles. The quantitative estimate of drug-likeness (QED) is 0.655. The zero-order valence-corrected chi connectivity index (χ0v) is 10.7. The smallest absolute Gasteiger partial charge is 0.0796 e. The van der Waals surface area contributed by atoms with Crippen LogP contribution in [-0.4, -0.2) is 22.9 Å². The maximum Gasteiger partial charge on any atom is 0.0796 e. The summed E-state index contributed by atoms with van der Waals surface area (Å²) in [7, 11) is 0. The Balaban J connectivity index is 3.76. The fourth-order valence-corrected chi connectivity index (χ4v) is 2.37. The van der Waals surface area contributed by atoms with E-state index in [2.05, 4.69) is 20.8 Å². The van der Waals surface area contributed by atoms with Crippen molar-refractivity contribution in [2.24, 2.45) is 17.8 Å². The molecule has 0 aromatic carbocycles. The van der Waals surface area contributed by atoms with Gasteiger partial charge in [0.1, 0.15) is 0 Å². The van der Waals surface area contributed by atoms with E-state index >= 15 is 0 Å². The lowest BCUT2D eigenvalue weighted by Gasteiger charge is -2.22. The van der Waals surface area contributed by atoms with Gasteiger partial charge in [-0.2, -0.15) is 0 Å². The Morgan fingerprint density at radius 2 is 1.60 bits per heavy atom. The van der Waals surface area contributed by atoms with Gasteiger partial charge in [-0.05, 0) is 30.6 Å². The molecule has 0 aromatic heterocycles. The minimum atomic E-state index is -0.547. The lowest BCUT2D eigenvalue weighted by atomic mass is 9.86. The van der Waals surface area contributed by atoms with E-state index in [1.165, 1.54) is 19.3 Å². The van der Waals surface area contributed by atoms with Crippen LogP contribution in [0.15, 0.2) is 0 Å². The Hall–Kier alpha value is -0.0800. The largest absolute Gasteiger partial charge is 0.394 e. The van der Waals surface area contributed by atoms with Gasteiger partial charge in [0.25, 0.3) is 0 Å². The molecule has 2 nitrogen and oxygen atoms in total. The molecule has 0 bridgehead atoms. The number of aliphatic hydroxyl groups excluding tert-OH is 2. The minimum Gasteiger partial charge on any atom is -0.394 e. The minimum absolute atomic E-state index is 0.113. The van der Waals surface area contributed by atoms with Crippen LogP contribution in [0.2, 0.25) is 0 Å². The van der Waals surface area contributed by atoms with E-state index in [-0.39, 0.29) is 12.5 Å². The summed E-state index contributed by atoms with van der Waals surface area (Å²) in [5.41, 5.74) is 0. The highest BCUT2D eigenvalue weighted by Gasteiger charge is 2.17. The van der Waals surface area contributed by atoms with E-state index in [1.54, 1.807) is 0 Å². The van der Waals surface area contributed by atoms with Crippen molar-refractivity contribution < 1.29 is 10.2 Å². The fourth-order valence-electron chi connectivity index (χ4n) is 2.37. The summed E-state index contributed by atoms with van der Waals surface area (Å²) in [6, 6.07) is 0. The summed E-state index contributed by atoms with van der Waals surface area (Å²) < 4.78 is 0. The van der Waals surface area contributed by atoms with Crippen molar-refractivity contribution in [3.63, 3.8) is 0 Å². The van der Waals surface area contributed by atoms with Crippen LogP contribution >= 0.6 is 0 Å². The number of hydrogen-bond donors (Lipinski definition) is 2. The highest BCUT2D eigenvalue weighted by Crippen LogP contribution is 2.23. The van der Waals surface area contributed by atoms with Gasteiger partial charge >= 0.3 is 0 Å². The van der Waals surface area contributed by atoms with E-state index < -0.39 is 6.10 Å². The highest BCUT2D eigenvalue weighted by molar-refractivity contribution is 4.68. The van der Waals surface area contributed by atoms with Crippen LogP contribution < -0.4 is 0 Å². The van der Waals surface area contributed by atoms with Crippen LogP contribution in [-0.2, 0) is 0 Å². The van der Waals surface area contributed by atoms with Crippen molar-refractivity contribution in [1.29, 1.82) is 0 Å². The third kappa shape index (κ3) is 6.91. The van der Waals surface area contributed by atoms with Crippen molar-refractivity contribution in [3.05, 3.63) is 0 Å². The van der Waals surface area contributed by atoms with E-state index in [1.807, 2.05) is 6.92 Å². The van der Waals surface area contributed by atoms with Crippen molar-refractivity contribution >= 4 is 0 Å². The molecule has 0 aromatic rings. The first-order valence-electron chi connectivity index (χ1n) is 6.30. The summed E-state index contributed by atoms with van der Waals surface area (Å²) in [5.74, 6) is 1.63. The van der Waals surface area contributed by atoms with Gasteiger partial charge in [0.05, 0.1) is 12.7 Å². The van der Waals surface area contributed by atoms with Crippen LogP contribution in [0.25, 0.3) is 0 Å². The Kier molecular flexibility index (Phi) is 8.07. The molecular weight excluding hydrogens is 188 g/mol. The summed E-state index contributed by atoms with van der Waals surface area (Å²) >= 11 is 0. The molecule has 0 saturated carbocycles. The average molecular weight is 216 g/mol. The zero-order chi connectivity index (χ0) is 11.8. The molecule has 15 heavy (non-hydrogen) atoms. The summed E-state index contributed by atoms with van der Waals surface area (Å²) in [5, 5.41) is 18.3. The van der Waals surface area contributed by atoms with Crippen molar-refractivity contribution in [3.8, 4) is 0 Å². The monoisotopic (exact) mass is 216 g/mol. The Bertz CT molecular complexity index is 147.